The molecule has 1 aliphatic carbocycles. The highest BCUT2D eigenvalue weighted by Crippen LogP contribution is 2.29. The molecular formula is C31H39N3O4S. The van der Waals surface area contributed by atoms with Crippen molar-refractivity contribution in [1.29, 1.82) is 0 Å². The summed E-state index contributed by atoms with van der Waals surface area (Å²) in [5.74, 6) is -0.593. The van der Waals surface area contributed by atoms with E-state index < -0.39 is 28.5 Å². The van der Waals surface area contributed by atoms with Crippen LogP contribution in [0.1, 0.15) is 56.6 Å². The molecule has 3 aromatic rings. The number of aryl methyl sites for hydroxylation is 1. The lowest BCUT2D eigenvalue weighted by atomic mass is 9.95. The number of fused-ring (bicyclic) bond motifs is 1. The van der Waals surface area contributed by atoms with Crippen LogP contribution in [-0.4, -0.2) is 50.0 Å². The van der Waals surface area contributed by atoms with E-state index in [2.05, 4.69) is 5.32 Å². The molecule has 0 aromatic heterocycles. The predicted molar refractivity (Wildman–Crippen MR) is 157 cm³/mol. The van der Waals surface area contributed by atoms with E-state index in [4.69, 9.17) is 0 Å². The smallest absolute Gasteiger partial charge is 0.244 e. The minimum atomic E-state index is -3.81. The minimum Gasteiger partial charge on any atom is -0.352 e. The lowest BCUT2D eigenvalue weighted by Crippen LogP contribution is -2.54. The molecule has 1 saturated carbocycles. The molecule has 0 aliphatic heterocycles. The first-order chi connectivity index (χ1) is 18.7. The van der Waals surface area contributed by atoms with Crippen LogP contribution in [0.5, 0.6) is 0 Å². The molecule has 7 nitrogen and oxygen atoms in total. The molecule has 208 valence electrons. The van der Waals surface area contributed by atoms with Gasteiger partial charge in [-0.2, -0.15) is 0 Å². The van der Waals surface area contributed by atoms with E-state index in [1.807, 2.05) is 68.4 Å². The Hall–Kier alpha value is -3.39. The van der Waals surface area contributed by atoms with Gasteiger partial charge in [-0.3, -0.25) is 13.9 Å². The molecule has 8 heteroatoms. The second kappa shape index (κ2) is 12.6. The predicted octanol–water partition coefficient (Wildman–Crippen LogP) is 5.17. The largest absolute Gasteiger partial charge is 0.352 e. The second-order valence-electron chi connectivity index (χ2n) is 10.5. The Bertz CT molecular complexity index is 1410. The quantitative estimate of drug-likeness (QED) is 0.378. The first-order valence-corrected chi connectivity index (χ1v) is 15.6. The molecule has 1 fully saturated rings. The van der Waals surface area contributed by atoms with Crippen LogP contribution in [0.15, 0.2) is 66.7 Å². The fourth-order valence-corrected chi connectivity index (χ4v) is 6.32. The SMILES string of the molecule is CC[C@@H](C(=O)NC1CCCCC1)N(Cc1ccccc1C)C(=O)CN(c1cccc2ccccc12)S(C)(=O)=O. The van der Waals surface area contributed by atoms with Crippen molar-refractivity contribution < 1.29 is 18.0 Å². The molecule has 0 unspecified atom stereocenters. The van der Waals surface area contributed by atoms with Crippen LogP contribution in [0.25, 0.3) is 10.8 Å². The van der Waals surface area contributed by atoms with Crippen molar-refractivity contribution in [1.82, 2.24) is 10.2 Å². The van der Waals surface area contributed by atoms with E-state index in [1.54, 1.807) is 17.0 Å². The maximum atomic E-state index is 14.1. The number of hydrogen-bond acceptors (Lipinski definition) is 4. The molecular weight excluding hydrogens is 510 g/mol. The van der Waals surface area contributed by atoms with Gasteiger partial charge in [-0.15, -0.1) is 0 Å². The Morgan fingerprint density at radius 2 is 1.62 bits per heavy atom. The zero-order chi connectivity index (χ0) is 28.0. The van der Waals surface area contributed by atoms with E-state index in [1.165, 1.54) is 6.42 Å². The van der Waals surface area contributed by atoms with Crippen molar-refractivity contribution >= 4 is 38.3 Å². The summed E-state index contributed by atoms with van der Waals surface area (Å²) in [4.78, 5) is 29.2. The third-order valence-corrected chi connectivity index (χ3v) is 8.78. The molecule has 0 saturated heterocycles. The highest BCUT2D eigenvalue weighted by molar-refractivity contribution is 7.92. The van der Waals surface area contributed by atoms with Crippen molar-refractivity contribution in [2.45, 2.75) is 71.0 Å². The van der Waals surface area contributed by atoms with Crippen LogP contribution >= 0.6 is 0 Å². The zero-order valence-electron chi connectivity index (χ0n) is 23.1. The van der Waals surface area contributed by atoms with Gasteiger partial charge in [0.05, 0.1) is 11.9 Å². The minimum absolute atomic E-state index is 0.110. The van der Waals surface area contributed by atoms with Crippen LogP contribution in [0.3, 0.4) is 0 Å². The Balaban J connectivity index is 1.68. The maximum Gasteiger partial charge on any atom is 0.244 e. The molecule has 1 N–H and O–H groups in total. The maximum absolute atomic E-state index is 14.1. The lowest BCUT2D eigenvalue weighted by molar-refractivity contribution is -0.140. The summed E-state index contributed by atoms with van der Waals surface area (Å²) >= 11 is 0. The summed E-state index contributed by atoms with van der Waals surface area (Å²) in [6, 6.07) is 20.1. The number of carbonyl (C=O) groups is 2. The van der Waals surface area contributed by atoms with Crippen molar-refractivity contribution in [3.63, 3.8) is 0 Å². The van der Waals surface area contributed by atoms with Gasteiger partial charge in [0, 0.05) is 18.0 Å². The Morgan fingerprint density at radius 3 is 2.31 bits per heavy atom. The van der Waals surface area contributed by atoms with Crippen molar-refractivity contribution in [2.24, 2.45) is 0 Å². The molecule has 4 rings (SSSR count). The van der Waals surface area contributed by atoms with Gasteiger partial charge in [0.2, 0.25) is 21.8 Å². The summed E-state index contributed by atoms with van der Waals surface area (Å²) in [5, 5.41) is 4.80. The molecule has 1 aliphatic rings. The van der Waals surface area contributed by atoms with Gasteiger partial charge in [0.25, 0.3) is 0 Å². The van der Waals surface area contributed by atoms with Crippen molar-refractivity contribution in [3.05, 3.63) is 77.9 Å². The number of rotatable bonds is 10. The average molecular weight is 550 g/mol. The number of hydrogen-bond donors (Lipinski definition) is 1. The normalized spacial score (nSPS) is 15.1. The van der Waals surface area contributed by atoms with Crippen LogP contribution < -0.4 is 9.62 Å². The van der Waals surface area contributed by atoms with E-state index in [0.717, 1.165) is 58.1 Å². The highest BCUT2D eigenvalue weighted by atomic mass is 32.2. The summed E-state index contributed by atoms with van der Waals surface area (Å²) in [6.45, 7) is 3.68. The van der Waals surface area contributed by atoms with E-state index in [9.17, 15) is 18.0 Å². The van der Waals surface area contributed by atoms with Gasteiger partial charge in [-0.25, -0.2) is 8.42 Å². The van der Waals surface area contributed by atoms with E-state index >= 15 is 0 Å². The fraction of sp³-hybridized carbons (Fsp3) is 0.419. The number of carbonyl (C=O) groups excluding carboxylic acids is 2. The third-order valence-electron chi connectivity index (χ3n) is 7.65. The first kappa shape index (κ1) is 28.6. The second-order valence-corrected chi connectivity index (χ2v) is 12.4. The van der Waals surface area contributed by atoms with Crippen LogP contribution in [0.4, 0.5) is 5.69 Å². The summed E-state index contributed by atoms with van der Waals surface area (Å²) in [7, 11) is -3.81. The Labute approximate surface area is 232 Å². The number of amides is 2. The van der Waals surface area contributed by atoms with Gasteiger partial charge in [-0.1, -0.05) is 86.8 Å². The number of nitrogens with zero attached hydrogens (tertiary/aromatic N) is 2. The van der Waals surface area contributed by atoms with Crippen LogP contribution in [0, 0.1) is 6.92 Å². The summed E-state index contributed by atoms with van der Waals surface area (Å²) in [5.41, 5.74) is 2.37. The number of anilines is 1. The topological polar surface area (TPSA) is 86.8 Å². The summed E-state index contributed by atoms with van der Waals surface area (Å²) in [6.07, 6.45) is 6.76. The van der Waals surface area contributed by atoms with E-state index in [0.29, 0.717) is 12.1 Å². The van der Waals surface area contributed by atoms with E-state index in [-0.39, 0.29) is 18.5 Å². The van der Waals surface area contributed by atoms with Crippen molar-refractivity contribution in [3.8, 4) is 0 Å². The number of benzene rings is 3. The molecule has 0 heterocycles. The Kier molecular flexibility index (Phi) is 9.28. The first-order valence-electron chi connectivity index (χ1n) is 13.8. The fourth-order valence-electron chi connectivity index (χ4n) is 5.46. The van der Waals surface area contributed by atoms with Crippen LogP contribution in [0.2, 0.25) is 0 Å². The highest BCUT2D eigenvalue weighted by Gasteiger charge is 2.33. The monoisotopic (exact) mass is 549 g/mol. The number of nitrogens with one attached hydrogen (secondary N) is 1. The zero-order valence-corrected chi connectivity index (χ0v) is 23.9. The van der Waals surface area contributed by atoms with Gasteiger partial charge >= 0.3 is 0 Å². The molecule has 0 bridgehead atoms. The molecule has 39 heavy (non-hydrogen) atoms. The standard InChI is InChI=1S/C31H39N3O4S/c1-4-28(31(36)32-26-17-6-5-7-18-26)33(21-25-15-9-8-13-23(25)2)30(35)22-34(39(3,37)38)29-20-12-16-24-14-10-11-19-27(24)29/h8-16,19-20,26,28H,4-7,17-18,21-22H2,1-3H3,(H,32,36)/t28-/m0/s1. The average Bonchev–Trinajstić information content (AvgIpc) is 2.92. The van der Waals surface area contributed by atoms with Gasteiger partial charge < -0.3 is 10.2 Å². The molecule has 0 radical (unpaired) electrons. The van der Waals surface area contributed by atoms with Crippen LogP contribution in [-0.2, 0) is 26.2 Å². The number of sulfonamides is 1. The molecule has 3 aromatic carbocycles. The molecule has 0 spiro atoms. The van der Waals surface area contributed by atoms with Crippen molar-refractivity contribution in [2.75, 3.05) is 17.1 Å². The lowest BCUT2D eigenvalue weighted by Gasteiger charge is -2.34. The third kappa shape index (κ3) is 6.98. The Morgan fingerprint density at radius 1 is 0.949 bits per heavy atom. The molecule has 2 amide bonds. The van der Waals surface area contributed by atoms with Gasteiger partial charge in [0.1, 0.15) is 12.6 Å². The molecule has 1 atom stereocenters. The summed E-state index contributed by atoms with van der Waals surface area (Å²) < 4.78 is 27.3. The van der Waals surface area contributed by atoms with Gasteiger partial charge in [-0.05, 0) is 48.8 Å². The van der Waals surface area contributed by atoms with Gasteiger partial charge in [0.15, 0.2) is 0 Å².